The van der Waals surface area contributed by atoms with Crippen LogP contribution in [-0.2, 0) is 0 Å². The van der Waals surface area contributed by atoms with Crippen molar-refractivity contribution in [1.82, 2.24) is 0 Å². The van der Waals surface area contributed by atoms with Crippen molar-refractivity contribution >= 4 is 0 Å². The van der Waals surface area contributed by atoms with E-state index in [4.69, 9.17) is 6.42 Å². The Morgan fingerprint density at radius 3 is 3.00 bits per heavy atom. The van der Waals surface area contributed by atoms with Gasteiger partial charge in [0.15, 0.2) is 0 Å². The molecule has 1 radical (unpaired) electrons. The summed E-state index contributed by atoms with van der Waals surface area (Å²) in [5.74, 6) is 2.65. The molecule has 0 saturated heterocycles. The van der Waals surface area contributed by atoms with Gasteiger partial charge in [0.1, 0.15) is 0 Å². The van der Waals surface area contributed by atoms with Crippen LogP contribution in [0.25, 0.3) is 0 Å². The van der Waals surface area contributed by atoms with E-state index in [0.717, 1.165) is 12.8 Å². The zero-order valence-electron chi connectivity index (χ0n) is 5.56. The molecule has 0 bridgehead atoms. The monoisotopic (exact) mass is 119 g/mol. The minimum absolute atomic E-state index is 0.844. The molecule has 0 amide bonds. The Morgan fingerprint density at radius 2 is 2.44 bits per heavy atom. The fraction of sp³-hybridized carbons (Fsp3) is 0.444. The second-order valence-electron chi connectivity index (χ2n) is 2.31. The minimum atomic E-state index is 0.844. The number of rotatable bonds is 1. The van der Waals surface area contributed by atoms with Gasteiger partial charge in [-0.25, -0.2) is 0 Å². The summed E-state index contributed by atoms with van der Waals surface area (Å²) in [6, 6.07) is 0. The second-order valence-corrected chi connectivity index (χ2v) is 2.31. The van der Waals surface area contributed by atoms with E-state index in [1.165, 1.54) is 18.4 Å². The molecule has 1 rings (SSSR count). The Bertz CT molecular complexity index is 146. The van der Waals surface area contributed by atoms with Crippen molar-refractivity contribution in [3.63, 3.8) is 0 Å². The predicted molar refractivity (Wildman–Crippen MR) is 39.7 cm³/mol. The zero-order chi connectivity index (χ0) is 6.53. The molecule has 0 heterocycles. The van der Waals surface area contributed by atoms with E-state index >= 15 is 0 Å². The number of terminal acetylenes is 1. The highest BCUT2D eigenvalue weighted by Crippen LogP contribution is 2.18. The molecule has 0 fully saturated rings. The third-order valence-corrected chi connectivity index (χ3v) is 1.54. The molecule has 0 aromatic rings. The fourth-order valence-corrected chi connectivity index (χ4v) is 1.05. The van der Waals surface area contributed by atoms with Crippen LogP contribution in [0.2, 0.25) is 0 Å². The van der Waals surface area contributed by atoms with Gasteiger partial charge in [0.2, 0.25) is 0 Å². The van der Waals surface area contributed by atoms with Gasteiger partial charge < -0.3 is 0 Å². The lowest BCUT2D eigenvalue weighted by Gasteiger charge is -2.08. The Labute approximate surface area is 57.0 Å². The van der Waals surface area contributed by atoms with Gasteiger partial charge in [-0.15, -0.1) is 12.3 Å². The van der Waals surface area contributed by atoms with Gasteiger partial charge in [-0.05, 0) is 25.7 Å². The van der Waals surface area contributed by atoms with E-state index in [0.29, 0.717) is 0 Å². The highest BCUT2D eigenvalue weighted by atomic mass is 14.1. The first kappa shape index (κ1) is 6.42. The van der Waals surface area contributed by atoms with E-state index in [9.17, 15) is 0 Å². The Kier molecular flexibility index (Phi) is 2.39. The molecule has 9 heavy (non-hydrogen) atoms. The standard InChI is InChI=1S/C9H11/c1-2-6-9-7-4-3-5-8-9/h1,4,8H,3,5-7H2. The maximum atomic E-state index is 5.15. The van der Waals surface area contributed by atoms with E-state index in [1.54, 1.807) is 0 Å². The van der Waals surface area contributed by atoms with Crippen LogP contribution in [0, 0.1) is 18.8 Å². The zero-order valence-corrected chi connectivity index (χ0v) is 5.56. The molecule has 0 unspecified atom stereocenters. The first-order valence-electron chi connectivity index (χ1n) is 3.36. The van der Waals surface area contributed by atoms with Crippen LogP contribution in [0.5, 0.6) is 0 Å². The molecule has 47 valence electrons. The van der Waals surface area contributed by atoms with Gasteiger partial charge in [-0.3, -0.25) is 0 Å². The predicted octanol–water partition coefficient (Wildman–Crippen LogP) is 2.32. The van der Waals surface area contributed by atoms with Crippen LogP contribution in [0.4, 0.5) is 0 Å². The van der Waals surface area contributed by atoms with Crippen LogP contribution in [-0.4, -0.2) is 0 Å². The lowest BCUT2D eigenvalue weighted by Crippen LogP contribution is -1.90. The molecule has 0 spiro atoms. The average molecular weight is 119 g/mol. The van der Waals surface area contributed by atoms with Crippen LogP contribution in [0.1, 0.15) is 25.7 Å². The molecule has 1 aliphatic carbocycles. The number of hydrogen-bond donors (Lipinski definition) is 0. The quantitative estimate of drug-likeness (QED) is 0.367. The molecule has 0 aliphatic heterocycles. The summed E-state index contributed by atoms with van der Waals surface area (Å²) >= 11 is 0. The molecule has 0 aromatic heterocycles. The minimum Gasteiger partial charge on any atom is -0.120 e. The van der Waals surface area contributed by atoms with Crippen molar-refractivity contribution in [3.8, 4) is 12.3 Å². The van der Waals surface area contributed by atoms with Crippen molar-refractivity contribution in [3.05, 3.63) is 18.1 Å². The summed E-state index contributed by atoms with van der Waals surface area (Å²) in [7, 11) is 0. The van der Waals surface area contributed by atoms with Crippen LogP contribution >= 0.6 is 0 Å². The van der Waals surface area contributed by atoms with Crippen molar-refractivity contribution in [2.75, 3.05) is 0 Å². The van der Waals surface area contributed by atoms with Crippen molar-refractivity contribution in [1.29, 1.82) is 0 Å². The van der Waals surface area contributed by atoms with E-state index in [-0.39, 0.29) is 0 Å². The number of allylic oxidation sites excluding steroid dienone is 2. The van der Waals surface area contributed by atoms with Gasteiger partial charge in [-0.2, -0.15) is 0 Å². The molecule has 0 saturated carbocycles. The third-order valence-electron chi connectivity index (χ3n) is 1.54. The molecule has 0 atom stereocenters. The van der Waals surface area contributed by atoms with Crippen molar-refractivity contribution in [2.45, 2.75) is 25.7 Å². The lowest BCUT2D eigenvalue weighted by atomic mass is 9.98. The summed E-state index contributed by atoms with van der Waals surface area (Å²) in [6.07, 6.45) is 14.1. The first-order valence-corrected chi connectivity index (χ1v) is 3.36. The van der Waals surface area contributed by atoms with Gasteiger partial charge in [0, 0.05) is 6.42 Å². The van der Waals surface area contributed by atoms with Crippen molar-refractivity contribution < 1.29 is 0 Å². The van der Waals surface area contributed by atoms with Gasteiger partial charge in [-0.1, -0.05) is 11.6 Å². The highest BCUT2D eigenvalue weighted by molar-refractivity contribution is 5.15. The van der Waals surface area contributed by atoms with E-state index in [1.807, 2.05) is 0 Å². The summed E-state index contributed by atoms with van der Waals surface area (Å²) < 4.78 is 0. The fourth-order valence-electron chi connectivity index (χ4n) is 1.05. The van der Waals surface area contributed by atoms with Crippen LogP contribution < -0.4 is 0 Å². The van der Waals surface area contributed by atoms with E-state index in [2.05, 4.69) is 18.4 Å². The average Bonchev–Trinajstić information content (AvgIpc) is 1.91. The molecule has 0 N–H and O–H groups in total. The summed E-state index contributed by atoms with van der Waals surface area (Å²) in [6.45, 7) is 0. The highest BCUT2D eigenvalue weighted by Gasteiger charge is 2.00. The van der Waals surface area contributed by atoms with Crippen molar-refractivity contribution in [2.24, 2.45) is 0 Å². The molecule has 1 aliphatic rings. The van der Waals surface area contributed by atoms with Gasteiger partial charge >= 0.3 is 0 Å². The second kappa shape index (κ2) is 3.35. The lowest BCUT2D eigenvalue weighted by molar-refractivity contribution is 0.841. The molecular weight excluding hydrogens is 108 g/mol. The third kappa shape index (κ3) is 1.93. The molecule has 0 aromatic carbocycles. The van der Waals surface area contributed by atoms with E-state index < -0.39 is 0 Å². The van der Waals surface area contributed by atoms with Gasteiger partial charge in [0.05, 0.1) is 0 Å². The normalized spacial score (nSPS) is 18.3. The topological polar surface area (TPSA) is 0 Å². The Balaban J connectivity index is 2.39. The van der Waals surface area contributed by atoms with Gasteiger partial charge in [0.25, 0.3) is 0 Å². The Hall–Kier alpha value is -0.700. The summed E-state index contributed by atoms with van der Waals surface area (Å²) in [5, 5.41) is 0. The summed E-state index contributed by atoms with van der Waals surface area (Å²) in [4.78, 5) is 0. The molecule has 0 nitrogen and oxygen atoms in total. The number of hydrogen-bond acceptors (Lipinski definition) is 0. The maximum Gasteiger partial charge on any atom is 0.0296 e. The maximum absolute atomic E-state index is 5.15. The Morgan fingerprint density at radius 1 is 1.56 bits per heavy atom. The summed E-state index contributed by atoms with van der Waals surface area (Å²) in [5.41, 5.74) is 1.42. The van der Waals surface area contributed by atoms with Crippen LogP contribution in [0.3, 0.4) is 0 Å². The SMILES string of the molecule is C#CCC1=CCC[CH]C1. The molecule has 0 heteroatoms. The van der Waals surface area contributed by atoms with Crippen LogP contribution in [0.15, 0.2) is 11.6 Å². The smallest absolute Gasteiger partial charge is 0.0296 e. The first-order chi connectivity index (χ1) is 4.43. The molecular formula is C9H11. The largest absolute Gasteiger partial charge is 0.120 e.